The molecule has 8 aromatic carbocycles. The van der Waals surface area contributed by atoms with Crippen LogP contribution in [0.3, 0.4) is 0 Å². The summed E-state index contributed by atoms with van der Waals surface area (Å²) >= 11 is 1.87. The van der Waals surface area contributed by atoms with Crippen molar-refractivity contribution in [2.75, 3.05) is 0 Å². The summed E-state index contributed by atoms with van der Waals surface area (Å²) < 4.78 is 5.09. The van der Waals surface area contributed by atoms with Gasteiger partial charge in [-0.1, -0.05) is 127 Å². The number of benzene rings is 8. The first-order valence-corrected chi connectivity index (χ1v) is 18.0. The maximum absolute atomic E-state index is 2.43. The van der Waals surface area contributed by atoms with Crippen LogP contribution in [0.4, 0.5) is 0 Å². The topological polar surface area (TPSA) is 4.93 Å². The van der Waals surface area contributed by atoms with E-state index in [4.69, 9.17) is 0 Å². The van der Waals surface area contributed by atoms with E-state index in [0.717, 1.165) is 5.69 Å². The Morgan fingerprint density at radius 1 is 0.300 bits per heavy atom. The zero-order valence-electron chi connectivity index (χ0n) is 27.1. The molecule has 2 heterocycles. The molecule has 0 bridgehead atoms. The van der Waals surface area contributed by atoms with Gasteiger partial charge in [0.1, 0.15) is 0 Å². The van der Waals surface area contributed by atoms with Gasteiger partial charge >= 0.3 is 0 Å². The largest absolute Gasteiger partial charge is 0.309 e. The minimum atomic E-state index is 1.16. The summed E-state index contributed by atoms with van der Waals surface area (Å²) in [6.45, 7) is 0. The minimum absolute atomic E-state index is 1.16. The second kappa shape index (κ2) is 10.6. The normalized spacial score (nSPS) is 12.0. The number of nitrogens with zero attached hydrogens (tertiary/aromatic N) is 1. The lowest BCUT2D eigenvalue weighted by Gasteiger charge is -2.24. The van der Waals surface area contributed by atoms with Gasteiger partial charge in [0, 0.05) is 36.6 Å². The van der Waals surface area contributed by atoms with Gasteiger partial charge in [-0.2, -0.15) is 0 Å². The number of aromatic nitrogens is 1. The first-order chi connectivity index (χ1) is 24.8. The maximum Gasteiger partial charge on any atom is 0.0541 e. The monoisotopic (exact) mass is 651 g/mol. The van der Waals surface area contributed by atoms with E-state index in [2.05, 4.69) is 180 Å². The molecule has 0 amide bonds. The van der Waals surface area contributed by atoms with Crippen molar-refractivity contribution in [3.05, 3.63) is 176 Å². The highest BCUT2D eigenvalue weighted by Gasteiger charge is 2.23. The molecule has 0 saturated heterocycles. The molecule has 2 aromatic heterocycles. The maximum atomic E-state index is 2.43. The molecular formula is C48H29NS. The highest BCUT2D eigenvalue weighted by Crippen LogP contribution is 2.49. The van der Waals surface area contributed by atoms with Gasteiger partial charge in [-0.3, -0.25) is 0 Å². The fourth-order valence-electron chi connectivity index (χ4n) is 8.32. The molecule has 232 valence electrons. The summed E-state index contributed by atoms with van der Waals surface area (Å²) in [4.78, 5) is 0. The lowest BCUT2D eigenvalue weighted by atomic mass is 9.80. The summed E-state index contributed by atoms with van der Waals surface area (Å²) in [6.07, 6.45) is 0. The smallest absolute Gasteiger partial charge is 0.0541 e. The first-order valence-electron chi connectivity index (χ1n) is 17.2. The second-order valence-corrected chi connectivity index (χ2v) is 14.3. The SMILES string of the molecule is c1ccc2c(c1)-c1ccccc1-c1cc(-n3c4ccccc4c4ccccc43)ccc1-c1cc(-c3ccc4sc5ccccc5c4c3)ccc1-2. The summed E-state index contributed by atoms with van der Waals surface area (Å²) in [5, 5.41) is 5.20. The highest BCUT2D eigenvalue weighted by molar-refractivity contribution is 7.25. The van der Waals surface area contributed by atoms with Crippen molar-refractivity contribution in [1.29, 1.82) is 0 Å². The van der Waals surface area contributed by atoms with Crippen molar-refractivity contribution in [3.63, 3.8) is 0 Å². The van der Waals surface area contributed by atoms with Crippen LogP contribution in [-0.2, 0) is 0 Å². The molecule has 1 aliphatic carbocycles. The Kier molecular flexibility index (Phi) is 5.89. The van der Waals surface area contributed by atoms with E-state index in [1.54, 1.807) is 0 Å². The average molecular weight is 652 g/mol. The van der Waals surface area contributed by atoms with E-state index < -0.39 is 0 Å². The van der Waals surface area contributed by atoms with Crippen LogP contribution in [0.1, 0.15) is 0 Å². The van der Waals surface area contributed by atoms with E-state index in [-0.39, 0.29) is 0 Å². The van der Waals surface area contributed by atoms with Gasteiger partial charge in [-0.25, -0.2) is 0 Å². The number of hydrogen-bond donors (Lipinski definition) is 0. The third-order valence-corrected chi connectivity index (χ3v) is 11.7. The van der Waals surface area contributed by atoms with Crippen LogP contribution >= 0.6 is 11.3 Å². The predicted molar refractivity (Wildman–Crippen MR) is 214 cm³/mol. The van der Waals surface area contributed by atoms with Gasteiger partial charge in [0.05, 0.1) is 11.0 Å². The lowest BCUT2D eigenvalue weighted by Crippen LogP contribution is -2.00. The molecule has 1 nitrogen and oxygen atoms in total. The molecular weight excluding hydrogens is 623 g/mol. The summed E-state index contributed by atoms with van der Waals surface area (Å²) in [5.41, 5.74) is 16.1. The zero-order chi connectivity index (χ0) is 32.8. The van der Waals surface area contributed by atoms with Crippen molar-refractivity contribution >= 4 is 53.3 Å². The summed E-state index contributed by atoms with van der Waals surface area (Å²) in [5.74, 6) is 0. The van der Waals surface area contributed by atoms with Crippen LogP contribution in [0.2, 0.25) is 0 Å². The van der Waals surface area contributed by atoms with Crippen molar-refractivity contribution in [3.8, 4) is 61.3 Å². The first kappa shape index (κ1) is 27.7. The van der Waals surface area contributed by atoms with E-state index in [1.165, 1.54) is 97.6 Å². The quantitative estimate of drug-likeness (QED) is 0.175. The van der Waals surface area contributed by atoms with Gasteiger partial charge < -0.3 is 4.57 Å². The van der Waals surface area contributed by atoms with E-state index in [0.29, 0.717) is 0 Å². The number of rotatable bonds is 2. The lowest BCUT2D eigenvalue weighted by molar-refractivity contribution is 1.18. The fourth-order valence-corrected chi connectivity index (χ4v) is 9.41. The molecule has 50 heavy (non-hydrogen) atoms. The number of hydrogen-bond acceptors (Lipinski definition) is 1. The molecule has 10 aromatic rings. The van der Waals surface area contributed by atoms with Gasteiger partial charge in [0.15, 0.2) is 0 Å². The number of para-hydroxylation sites is 2. The van der Waals surface area contributed by atoms with Crippen molar-refractivity contribution in [1.82, 2.24) is 4.57 Å². The fraction of sp³-hybridized carbons (Fsp3) is 0. The molecule has 0 unspecified atom stereocenters. The van der Waals surface area contributed by atoms with Gasteiger partial charge in [0.2, 0.25) is 0 Å². The van der Waals surface area contributed by atoms with Crippen LogP contribution in [0, 0.1) is 0 Å². The Morgan fingerprint density at radius 2 is 0.760 bits per heavy atom. The van der Waals surface area contributed by atoms with E-state index in [1.807, 2.05) is 11.3 Å². The Bertz CT molecular complexity index is 2940. The van der Waals surface area contributed by atoms with Crippen LogP contribution in [0.15, 0.2) is 176 Å². The third kappa shape index (κ3) is 4.00. The molecule has 0 radical (unpaired) electrons. The van der Waals surface area contributed by atoms with Gasteiger partial charge in [0.25, 0.3) is 0 Å². The molecule has 0 N–H and O–H groups in total. The van der Waals surface area contributed by atoms with Crippen molar-refractivity contribution in [2.24, 2.45) is 0 Å². The Hall–Kier alpha value is -6.22. The van der Waals surface area contributed by atoms with Crippen LogP contribution in [-0.4, -0.2) is 4.57 Å². The molecule has 11 rings (SSSR count). The van der Waals surface area contributed by atoms with Crippen molar-refractivity contribution < 1.29 is 0 Å². The van der Waals surface area contributed by atoms with E-state index >= 15 is 0 Å². The number of fused-ring (bicyclic) bond motifs is 14. The predicted octanol–water partition coefficient (Wildman–Crippen LogP) is 13.8. The molecule has 0 atom stereocenters. The second-order valence-electron chi connectivity index (χ2n) is 13.3. The Labute approximate surface area is 293 Å². The van der Waals surface area contributed by atoms with Gasteiger partial charge in [-0.05, 0) is 104 Å². The Balaban J connectivity index is 1.19. The van der Waals surface area contributed by atoms with Crippen molar-refractivity contribution in [2.45, 2.75) is 0 Å². The molecule has 0 saturated carbocycles. The summed E-state index contributed by atoms with van der Waals surface area (Å²) in [7, 11) is 0. The molecule has 0 fully saturated rings. The third-order valence-electron chi connectivity index (χ3n) is 10.6. The molecule has 2 heteroatoms. The van der Waals surface area contributed by atoms with Crippen LogP contribution in [0.25, 0.3) is 103 Å². The highest BCUT2D eigenvalue weighted by atomic mass is 32.1. The summed E-state index contributed by atoms with van der Waals surface area (Å²) in [6, 6.07) is 65.2. The molecule has 1 aliphatic rings. The Morgan fingerprint density at radius 3 is 1.46 bits per heavy atom. The zero-order valence-corrected chi connectivity index (χ0v) is 27.9. The minimum Gasteiger partial charge on any atom is -0.309 e. The van der Waals surface area contributed by atoms with E-state index in [9.17, 15) is 0 Å². The van der Waals surface area contributed by atoms with Crippen LogP contribution < -0.4 is 0 Å². The average Bonchev–Trinajstić information content (AvgIpc) is 3.72. The van der Waals surface area contributed by atoms with Gasteiger partial charge in [-0.15, -0.1) is 11.3 Å². The standard InChI is InChI=1S/C48H29NS/c1-2-13-35-33(11-1)34-12-3-4-14-36(34)43-29-32(49-45-18-8-5-15-39(45)40-16-6-9-19-46(40)49)23-25-38(43)42-27-30(21-24-37(35)42)31-22-26-48-44(28-31)41-17-7-10-20-47(41)50-48/h1-29H. The molecule has 0 aliphatic heterocycles. The number of thiophene rings is 1. The molecule has 0 spiro atoms. The van der Waals surface area contributed by atoms with Crippen LogP contribution in [0.5, 0.6) is 0 Å².